The molecule has 35 heavy (non-hydrogen) atoms. The highest BCUT2D eigenvalue weighted by Gasteiger charge is 2.14. The maximum absolute atomic E-state index is 12.7. The van der Waals surface area contributed by atoms with Gasteiger partial charge in [0.25, 0.3) is 0 Å². The number of carbonyl (C=O) groups excluding carboxylic acids is 1. The smallest absolute Gasteiger partial charge is 0.169 e. The van der Waals surface area contributed by atoms with Crippen LogP contribution in [0.4, 0.5) is 0 Å². The number of aromatic nitrogens is 3. The first-order valence-electron chi connectivity index (χ1n) is 12.2. The molecule has 7 heteroatoms. The van der Waals surface area contributed by atoms with Crippen molar-refractivity contribution in [2.45, 2.75) is 43.1 Å². The Labute approximate surface area is 215 Å². The monoisotopic (exact) mass is 504 g/mol. The van der Waals surface area contributed by atoms with Crippen LogP contribution in [0.25, 0.3) is 11.0 Å². The fourth-order valence-electron chi connectivity index (χ4n) is 4.53. The van der Waals surface area contributed by atoms with Crippen LogP contribution in [-0.2, 0) is 12.3 Å². The number of hydrogen-bond acceptors (Lipinski definition) is 5. The highest BCUT2D eigenvalue weighted by Crippen LogP contribution is 2.28. The van der Waals surface area contributed by atoms with Gasteiger partial charge < -0.3 is 9.47 Å². The number of imidazole rings is 1. The quantitative estimate of drug-likeness (QED) is 0.182. The van der Waals surface area contributed by atoms with Gasteiger partial charge in [0.1, 0.15) is 0 Å². The molecule has 5 rings (SSSR count). The maximum Gasteiger partial charge on any atom is 0.169 e. The van der Waals surface area contributed by atoms with Gasteiger partial charge in [0.15, 0.2) is 10.9 Å². The summed E-state index contributed by atoms with van der Waals surface area (Å²) in [6, 6.07) is 17.9. The van der Waals surface area contributed by atoms with Crippen molar-refractivity contribution in [2.75, 3.05) is 19.6 Å². The number of halogens is 1. The van der Waals surface area contributed by atoms with Crippen LogP contribution in [0, 0.1) is 0 Å². The molecule has 0 spiro atoms. The Morgan fingerprint density at radius 2 is 1.71 bits per heavy atom. The lowest BCUT2D eigenvalue weighted by molar-refractivity contribution is 0.0976. The third-order valence-electron chi connectivity index (χ3n) is 6.49. The topological polar surface area (TPSA) is 51.0 Å². The molecule has 0 aliphatic carbocycles. The SMILES string of the molecule is O=C(CCCN1CCCC1)c1ccc(Cn2c(SCc3ccc(Cl)cc3)nc3ccncc32)cc1. The van der Waals surface area contributed by atoms with Gasteiger partial charge in [-0.05, 0) is 68.2 Å². The van der Waals surface area contributed by atoms with Gasteiger partial charge in [-0.2, -0.15) is 0 Å². The third kappa shape index (κ3) is 6.13. The molecule has 1 saturated heterocycles. The van der Waals surface area contributed by atoms with Gasteiger partial charge in [-0.3, -0.25) is 9.78 Å². The van der Waals surface area contributed by atoms with E-state index in [0.717, 1.165) is 51.1 Å². The van der Waals surface area contributed by atoms with E-state index in [1.165, 1.54) is 31.5 Å². The van der Waals surface area contributed by atoms with Crippen molar-refractivity contribution in [1.82, 2.24) is 19.4 Å². The van der Waals surface area contributed by atoms with E-state index in [1.54, 1.807) is 18.0 Å². The Kier molecular flexibility index (Phi) is 7.82. The van der Waals surface area contributed by atoms with Gasteiger partial charge in [0, 0.05) is 29.0 Å². The predicted molar refractivity (Wildman–Crippen MR) is 143 cm³/mol. The molecule has 4 aromatic rings. The minimum absolute atomic E-state index is 0.229. The summed E-state index contributed by atoms with van der Waals surface area (Å²) in [5.74, 6) is 1.03. The van der Waals surface area contributed by atoms with Gasteiger partial charge in [0.05, 0.1) is 23.8 Å². The number of nitrogens with zero attached hydrogens (tertiary/aromatic N) is 4. The Balaban J connectivity index is 1.26. The highest BCUT2D eigenvalue weighted by atomic mass is 35.5. The molecule has 1 fully saturated rings. The summed E-state index contributed by atoms with van der Waals surface area (Å²) < 4.78 is 2.20. The van der Waals surface area contributed by atoms with Gasteiger partial charge in [0.2, 0.25) is 0 Å². The van der Waals surface area contributed by atoms with Crippen LogP contribution in [-0.4, -0.2) is 44.9 Å². The zero-order valence-corrected chi connectivity index (χ0v) is 21.3. The summed E-state index contributed by atoms with van der Waals surface area (Å²) in [5.41, 5.74) is 5.07. The molecule has 5 nitrogen and oxygen atoms in total. The number of Topliss-reactive ketones (excluding diaryl/α,β-unsaturated/α-hetero) is 1. The maximum atomic E-state index is 12.7. The molecular weight excluding hydrogens is 476 g/mol. The highest BCUT2D eigenvalue weighted by molar-refractivity contribution is 7.98. The van der Waals surface area contributed by atoms with Crippen molar-refractivity contribution in [3.8, 4) is 0 Å². The molecule has 0 N–H and O–H groups in total. The van der Waals surface area contributed by atoms with Gasteiger partial charge in [-0.1, -0.05) is 59.8 Å². The van der Waals surface area contributed by atoms with Crippen molar-refractivity contribution in [3.05, 3.63) is 88.7 Å². The van der Waals surface area contributed by atoms with E-state index in [9.17, 15) is 4.79 Å². The zero-order chi connectivity index (χ0) is 24.0. The second-order valence-electron chi connectivity index (χ2n) is 9.03. The van der Waals surface area contributed by atoms with Crippen molar-refractivity contribution in [2.24, 2.45) is 0 Å². The Bertz CT molecular complexity index is 1280. The van der Waals surface area contributed by atoms with Crippen LogP contribution in [0.15, 0.2) is 72.1 Å². The van der Waals surface area contributed by atoms with E-state index in [0.29, 0.717) is 13.0 Å². The molecule has 0 bridgehead atoms. The Hall–Kier alpha value is -2.67. The molecular formula is C28H29ClN4OS. The number of likely N-dealkylation sites (tertiary alicyclic amines) is 1. The van der Waals surface area contributed by atoms with Crippen LogP contribution in [0.5, 0.6) is 0 Å². The number of ketones is 1. The molecule has 3 heterocycles. The zero-order valence-electron chi connectivity index (χ0n) is 19.7. The minimum Gasteiger partial charge on any atom is -0.313 e. The molecule has 2 aromatic heterocycles. The fraction of sp³-hybridized carbons (Fsp3) is 0.321. The second-order valence-corrected chi connectivity index (χ2v) is 10.4. The van der Waals surface area contributed by atoms with E-state index in [-0.39, 0.29) is 5.78 Å². The Morgan fingerprint density at radius 3 is 2.49 bits per heavy atom. The van der Waals surface area contributed by atoms with Crippen LogP contribution in [0.2, 0.25) is 5.02 Å². The van der Waals surface area contributed by atoms with Crippen LogP contribution >= 0.6 is 23.4 Å². The predicted octanol–water partition coefficient (Wildman–Crippen LogP) is 6.48. The average molecular weight is 505 g/mol. The summed E-state index contributed by atoms with van der Waals surface area (Å²) in [4.78, 5) is 24.3. The first-order chi connectivity index (χ1) is 17.2. The van der Waals surface area contributed by atoms with Crippen molar-refractivity contribution in [1.29, 1.82) is 0 Å². The van der Waals surface area contributed by atoms with E-state index in [2.05, 4.69) is 26.6 Å². The van der Waals surface area contributed by atoms with Crippen molar-refractivity contribution < 1.29 is 4.79 Å². The number of rotatable bonds is 10. The largest absolute Gasteiger partial charge is 0.313 e. The lowest BCUT2D eigenvalue weighted by Gasteiger charge is -2.13. The normalized spacial score (nSPS) is 14.1. The summed E-state index contributed by atoms with van der Waals surface area (Å²) in [7, 11) is 0. The summed E-state index contributed by atoms with van der Waals surface area (Å²) in [5, 5.41) is 1.69. The summed E-state index contributed by atoms with van der Waals surface area (Å²) in [6.45, 7) is 4.07. The van der Waals surface area contributed by atoms with Crippen molar-refractivity contribution >= 4 is 40.2 Å². The van der Waals surface area contributed by atoms with E-state index >= 15 is 0 Å². The standard InChI is InChI=1S/C28H29ClN4OS/c29-24-11-7-22(8-12-24)20-35-28-31-25-13-14-30-18-26(25)33(28)19-21-5-9-23(10-6-21)27(34)4-3-17-32-15-1-2-16-32/h5-14,18H,1-4,15-17,19-20H2. The molecule has 0 amide bonds. The number of pyridine rings is 1. The Morgan fingerprint density at radius 1 is 0.971 bits per heavy atom. The van der Waals surface area contributed by atoms with E-state index in [4.69, 9.17) is 16.6 Å². The summed E-state index contributed by atoms with van der Waals surface area (Å²) in [6.07, 6.45) is 7.77. The molecule has 0 atom stereocenters. The number of carbonyl (C=O) groups is 1. The molecule has 1 aliphatic heterocycles. The third-order valence-corrected chi connectivity index (χ3v) is 7.79. The fourth-order valence-corrected chi connectivity index (χ4v) is 5.63. The van der Waals surface area contributed by atoms with E-state index in [1.807, 2.05) is 48.7 Å². The van der Waals surface area contributed by atoms with Gasteiger partial charge >= 0.3 is 0 Å². The molecule has 2 aromatic carbocycles. The lowest BCUT2D eigenvalue weighted by Crippen LogP contribution is -2.21. The van der Waals surface area contributed by atoms with Crippen molar-refractivity contribution in [3.63, 3.8) is 0 Å². The average Bonchev–Trinajstić information content (AvgIpc) is 3.52. The second kappa shape index (κ2) is 11.4. The number of fused-ring (bicyclic) bond motifs is 1. The first-order valence-corrected chi connectivity index (χ1v) is 13.5. The molecule has 0 radical (unpaired) electrons. The molecule has 1 aliphatic rings. The number of thioether (sulfide) groups is 1. The van der Waals surface area contributed by atoms with Gasteiger partial charge in [-0.15, -0.1) is 0 Å². The summed E-state index contributed by atoms with van der Waals surface area (Å²) >= 11 is 7.73. The van der Waals surface area contributed by atoms with Gasteiger partial charge in [-0.25, -0.2) is 4.98 Å². The minimum atomic E-state index is 0.229. The first kappa shape index (κ1) is 24.0. The van der Waals surface area contributed by atoms with Crippen LogP contribution in [0.1, 0.15) is 47.2 Å². The van der Waals surface area contributed by atoms with E-state index < -0.39 is 0 Å². The molecule has 180 valence electrons. The number of benzene rings is 2. The van der Waals surface area contributed by atoms with Crippen LogP contribution < -0.4 is 0 Å². The number of hydrogen-bond donors (Lipinski definition) is 0. The van der Waals surface area contributed by atoms with Crippen LogP contribution in [0.3, 0.4) is 0 Å². The molecule has 0 unspecified atom stereocenters. The molecule has 0 saturated carbocycles. The lowest BCUT2D eigenvalue weighted by atomic mass is 10.0.